The van der Waals surface area contributed by atoms with Crippen LogP contribution in [-0.4, -0.2) is 4.98 Å². The van der Waals surface area contributed by atoms with Gasteiger partial charge in [-0.25, -0.2) is 4.98 Å². The molecule has 1 heterocycles. The summed E-state index contributed by atoms with van der Waals surface area (Å²) in [7, 11) is 0. The maximum absolute atomic E-state index is 5.77. The van der Waals surface area contributed by atoms with Crippen LogP contribution in [-0.2, 0) is 0 Å². The Morgan fingerprint density at radius 2 is 1.94 bits per heavy atom. The van der Waals surface area contributed by atoms with Crippen molar-refractivity contribution in [2.75, 3.05) is 5.32 Å². The molecule has 1 unspecified atom stereocenters. The summed E-state index contributed by atoms with van der Waals surface area (Å²) in [5.74, 6) is 0. The number of pyridine rings is 1. The van der Waals surface area contributed by atoms with Crippen molar-refractivity contribution in [1.29, 1.82) is 0 Å². The summed E-state index contributed by atoms with van der Waals surface area (Å²) in [6.45, 7) is 6.39. The molecule has 0 amide bonds. The average molecular weight is 261 g/mol. The van der Waals surface area contributed by atoms with Crippen LogP contribution in [0.5, 0.6) is 0 Å². The minimum atomic E-state index is 0.243. The Hall–Kier alpha value is -1.54. The predicted molar refractivity (Wildman–Crippen MR) is 77.2 cm³/mol. The lowest BCUT2D eigenvalue weighted by Gasteiger charge is -2.18. The van der Waals surface area contributed by atoms with Crippen LogP contribution in [0.15, 0.2) is 36.5 Å². The van der Waals surface area contributed by atoms with Gasteiger partial charge in [0.05, 0.1) is 11.9 Å². The monoisotopic (exact) mass is 260 g/mol. The van der Waals surface area contributed by atoms with E-state index >= 15 is 0 Å². The Morgan fingerprint density at radius 1 is 1.17 bits per heavy atom. The summed E-state index contributed by atoms with van der Waals surface area (Å²) in [5, 5.41) is 3.95. The Kier molecular flexibility index (Phi) is 3.87. The molecule has 0 spiro atoms. The topological polar surface area (TPSA) is 24.9 Å². The van der Waals surface area contributed by atoms with Crippen molar-refractivity contribution in [1.82, 2.24) is 4.98 Å². The fraction of sp³-hybridized carbons (Fsp3) is 0.267. The molecule has 0 saturated heterocycles. The van der Waals surface area contributed by atoms with Crippen molar-refractivity contribution in [2.45, 2.75) is 26.8 Å². The summed E-state index contributed by atoms with van der Waals surface area (Å²) in [5.41, 5.74) is 4.86. The molecule has 18 heavy (non-hydrogen) atoms. The molecule has 0 aliphatic carbocycles. The molecule has 0 radical (unpaired) electrons. The number of halogens is 1. The van der Waals surface area contributed by atoms with Gasteiger partial charge in [-0.2, -0.15) is 0 Å². The van der Waals surface area contributed by atoms with E-state index < -0.39 is 0 Å². The summed E-state index contributed by atoms with van der Waals surface area (Å²) in [6, 6.07) is 10.5. The fourth-order valence-corrected chi connectivity index (χ4v) is 2.13. The molecule has 1 N–H and O–H groups in total. The lowest BCUT2D eigenvalue weighted by atomic mass is 10.00. The molecule has 0 fully saturated rings. The lowest BCUT2D eigenvalue weighted by Crippen LogP contribution is -2.08. The molecule has 94 valence electrons. The minimum absolute atomic E-state index is 0.243. The minimum Gasteiger partial charge on any atom is -0.377 e. The van der Waals surface area contributed by atoms with Crippen molar-refractivity contribution < 1.29 is 0 Å². The SMILES string of the molecule is Cc1ccc(C)c(C(C)Nc2ccc(Cl)nc2)c1. The molecule has 0 saturated carbocycles. The standard InChI is InChI=1S/C15H17ClN2/c1-10-4-5-11(2)14(8-10)12(3)18-13-6-7-15(16)17-9-13/h4-9,12,18H,1-3H3. The van der Waals surface area contributed by atoms with Crippen LogP contribution in [0.2, 0.25) is 5.15 Å². The highest BCUT2D eigenvalue weighted by atomic mass is 35.5. The Morgan fingerprint density at radius 3 is 2.61 bits per heavy atom. The molecule has 0 bridgehead atoms. The first kappa shape index (κ1) is 12.9. The maximum atomic E-state index is 5.77. The number of hydrogen-bond donors (Lipinski definition) is 1. The second kappa shape index (κ2) is 5.40. The second-order valence-corrected chi connectivity index (χ2v) is 4.98. The van der Waals surface area contributed by atoms with E-state index in [4.69, 9.17) is 11.6 Å². The molecular weight excluding hydrogens is 244 g/mol. The maximum Gasteiger partial charge on any atom is 0.129 e. The summed E-state index contributed by atoms with van der Waals surface area (Å²) < 4.78 is 0. The lowest BCUT2D eigenvalue weighted by molar-refractivity contribution is 0.870. The smallest absolute Gasteiger partial charge is 0.129 e. The van der Waals surface area contributed by atoms with Gasteiger partial charge < -0.3 is 5.32 Å². The highest BCUT2D eigenvalue weighted by Crippen LogP contribution is 2.23. The van der Waals surface area contributed by atoms with Gasteiger partial charge in [-0.15, -0.1) is 0 Å². The average Bonchev–Trinajstić information content (AvgIpc) is 2.35. The first-order valence-electron chi connectivity index (χ1n) is 6.01. The van der Waals surface area contributed by atoms with Crippen LogP contribution in [0.4, 0.5) is 5.69 Å². The molecule has 2 rings (SSSR count). The van der Waals surface area contributed by atoms with Crippen LogP contribution >= 0.6 is 11.6 Å². The first-order valence-corrected chi connectivity index (χ1v) is 6.39. The largest absolute Gasteiger partial charge is 0.377 e. The van der Waals surface area contributed by atoms with E-state index in [2.05, 4.69) is 49.3 Å². The van der Waals surface area contributed by atoms with Crippen LogP contribution in [0, 0.1) is 13.8 Å². The normalized spacial score (nSPS) is 12.2. The van der Waals surface area contributed by atoms with Crippen molar-refractivity contribution >= 4 is 17.3 Å². The van der Waals surface area contributed by atoms with Crippen LogP contribution in [0.25, 0.3) is 0 Å². The molecule has 3 heteroatoms. The zero-order chi connectivity index (χ0) is 13.1. The van der Waals surface area contributed by atoms with Gasteiger partial charge in [0.25, 0.3) is 0 Å². The van der Waals surface area contributed by atoms with E-state index in [9.17, 15) is 0 Å². The number of rotatable bonds is 3. The van der Waals surface area contributed by atoms with Gasteiger partial charge in [0, 0.05) is 6.04 Å². The van der Waals surface area contributed by atoms with Gasteiger partial charge >= 0.3 is 0 Å². The van der Waals surface area contributed by atoms with Crippen molar-refractivity contribution in [3.63, 3.8) is 0 Å². The summed E-state index contributed by atoms with van der Waals surface area (Å²) in [4.78, 5) is 4.07. The Bertz CT molecular complexity index is 535. The third-order valence-corrected chi connectivity index (χ3v) is 3.24. The first-order chi connectivity index (χ1) is 8.56. The zero-order valence-corrected chi connectivity index (χ0v) is 11.6. The van der Waals surface area contributed by atoms with Gasteiger partial charge in [-0.1, -0.05) is 35.4 Å². The Labute approximate surface area is 113 Å². The number of aryl methyl sites for hydroxylation is 2. The Balaban J connectivity index is 2.18. The van der Waals surface area contributed by atoms with Gasteiger partial charge in [-0.05, 0) is 44.0 Å². The number of aromatic nitrogens is 1. The van der Waals surface area contributed by atoms with E-state index in [0.29, 0.717) is 5.15 Å². The van der Waals surface area contributed by atoms with Crippen LogP contribution in [0.3, 0.4) is 0 Å². The highest BCUT2D eigenvalue weighted by Gasteiger charge is 2.08. The number of hydrogen-bond acceptors (Lipinski definition) is 2. The third kappa shape index (κ3) is 3.02. The van der Waals surface area contributed by atoms with E-state index in [0.717, 1.165) is 5.69 Å². The molecule has 1 aromatic carbocycles. The molecule has 2 aromatic rings. The van der Waals surface area contributed by atoms with Crippen LogP contribution in [0.1, 0.15) is 29.7 Å². The summed E-state index contributed by atoms with van der Waals surface area (Å²) >= 11 is 5.77. The molecule has 1 aromatic heterocycles. The quantitative estimate of drug-likeness (QED) is 0.821. The van der Waals surface area contributed by atoms with Gasteiger partial charge in [-0.3, -0.25) is 0 Å². The fourth-order valence-electron chi connectivity index (χ4n) is 2.02. The van der Waals surface area contributed by atoms with E-state index in [-0.39, 0.29) is 6.04 Å². The van der Waals surface area contributed by atoms with E-state index in [1.807, 2.05) is 6.07 Å². The highest BCUT2D eigenvalue weighted by molar-refractivity contribution is 6.29. The molecule has 0 aliphatic heterocycles. The number of nitrogens with one attached hydrogen (secondary N) is 1. The molecule has 1 atom stereocenters. The van der Waals surface area contributed by atoms with Gasteiger partial charge in [0.15, 0.2) is 0 Å². The molecule has 2 nitrogen and oxygen atoms in total. The number of nitrogens with zero attached hydrogens (tertiary/aromatic N) is 1. The van der Waals surface area contributed by atoms with Crippen molar-refractivity contribution in [3.05, 3.63) is 58.4 Å². The van der Waals surface area contributed by atoms with E-state index in [1.165, 1.54) is 16.7 Å². The molecule has 0 aliphatic rings. The van der Waals surface area contributed by atoms with Crippen molar-refractivity contribution in [3.8, 4) is 0 Å². The summed E-state index contributed by atoms with van der Waals surface area (Å²) in [6.07, 6.45) is 1.75. The van der Waals surface area contributed by atoms with E-state index in [1.54, 1.807) is 12.3 Å². The van der Waals surface area contributed by atoms with Crippen LogP contribution < -0.4 is 5.32 Å². The van der Waals surface area contributed by atoms with Gasteiger partial charge in [0.2, 0.25) is 0 Å². The predicted octanol–water partition coefficient (Wildman–Crippen LogP) is 4.52. The van der Waals surface area contributed by atoms with Crippen molar-refractivity contribution in [2.24, 2.45) is 0 Å². The number of anilines is 1. The number of benzene rings is 1. The molecular formula is C15H17ClN2. The third-order valence-electron chi connectivity index (χ3n) is 3.01. The second-order valence-electron chi connectivity index (χ2n) is 4.60. The van der Waals surface area contributed by atoms with Gasteiger partial charge in [0.1, 0.15) is 5.15 Å². The zero-order valence-electron chi connectivity index (χ0n) is 10.9.